The third kappa shape index (κ3) is 2.52. The molecular formula is C14H17ClN2O. The van der Waals surface area contributed by atoms with Gasteiger partial charge in [0.1, 0.15) is 5.76 Å². The van der Waals surface area contributed by atoms with Gasteiger partial charge in [-0.25, -0.2) is 0 Å². The number of rotatable bonds is 4. The molecule has 0 aliphatic rings. The van der Waals surface area contributed by atoms with E-state index >= 15 is 0 Å². The Balaban J connectivity index is 2.26. The fourth-order valence-corrected chi connectivity index (χ4v) is 2.27. The van der Waals surface area contributed by atoms with E-state index in [1.807, 2.05) is 38.2 Å². The highest BCUT2D eigenvalue weighted by molar-refractivity contribution is 6.31. The first kappa shape index (κ1) is 13.0. The largest absolute Gasteiger partial charge is 0.469 e. The molecule has 0 saturated carbocycles. The van der Waals surface area contributed by atoms with Crippen molar-refractivity contribution in [2.75, 3.05) is 11.9 Å². The van der Waals surface area contributed by atoms with Crippen LogP contribution in [0.3, 0.4) is 0 Å². The molecule has 1 aromatic carbocycles. The molecule has 0 fully saturated rings. The maximum absolute atomic E-state index is 6.16. The van der Waals surface area contributed by atoms with Gasteiger partial charge in [0.15, 0.2) is 0 Å². The number of hydrogen-bond donors (Lipinski definition) is 1. The first-order valence-electron chi connectivity index (χ1n) is 5.85. The summed E-state index contributed by atoms with van der Waals surface area (Å²) in [6.07, 6.45) is 1.71. The third-order valence-electron chi connectivity index (χ3n) is 3.08. The van der Waals surface area contributed by atoms with Crippen LogP contribution in [0.2, 0.25) is 5.02 Å². The Morgan fingerprint density at radius 3 is 2.72 bits per heavy atom. The molecule has 4 heteroatoms. The van der Waals surface area contributed by atoms with Crippen molar-refractivity contribution in [3.05, 3.63) is 52.4 Å². The summed E-state index contributed by atoms with van der Waals surface area (Å²) < 4.78 is 5.30. The van der Waals surface area contributed by atoms with E-state index < -0.39 is 0 Å². The van der Waals surface area contributed by atoms with Gasteiger partial charge in [-0.1, -0.05) is 17.7 Å². The smallest absolute Gasteiger partial charge is 0.105 e. The summed E-state index contributed by atoms with van der Waals surface area (Å²) in [4.78, 5) is 2.13. The minimum absolute atomic E-state index is 0.434. The number of anilines is 1. The molecule has 0 aliphatic heterocycles. The predicted molar refractivity (Wildman–Crippen MR) is 74.9 cm³/mol. The lowest BCUT2D eigenvalue weighted by atomic mass is 10.1. The molecule has 2 N–H and O–H groups in total. The summed E-state index contributed by atoms with van der Waals surface area (Å²) in [7, 11) is 2.03. The van der Waals surface area contributed by atoms with E-state index in [1.54, 1.807) is 6.26 Å². The van der Waals surface area contributed by atoms with Crippen molar-refractivity contribution in [3.8, 4) is 0 Å². The maximum atomic E-state index is 6.16. The Morgan fingerprint density at radius 1 is 1.33 bits per heavy atom. The Labute approximate surface area is 112 Å². The van der Waals surface area contributed by atoms with Gasteiger partial charge in [-0.15, -0.1) is 0 Å². The molecule has 0 spiro atoms. The lowest BCUT2D eigenvalue weighted by Crippen LogP contribution is -2.19. The SMILES string of the molecule is Cc1occc1CN(C)c1cccc(Cl)c1CN. The molecule has 3 nitrogen and oxygen atoms in total. The number of nitrogens with two attached hydrogens (primary N) is 1. The molecule has 96 valence electrons. The van der Waals surface area contributed by atoms with Crippen LogP contribution < -0.4 is 10.6 Å². The second kappa shape index (κ2) is 5.46. The molecule has 0 atom stereocenters. The van der Waals surface area contributed by atoms with E-state index in [4.69, 9.17) is 21.8 Å². The minimum Gasteiger partial charge on any atom is -0.469 e. The Bertz CT molecular complexity index is 536. The molecule has 0 aliphatic carbocycles. The number of aryl methyl sites for hydroxylation is 1. The van der Waals surface area contributed by atoms with E-state index in [2.05, 4.69) is 4.90 Å². The van der Waals surface area contributed by atoms with Crippen molar-refractivity contribution >= 4 is 17.3 Å². The number of furan rings is 1. The van der Waals surface area contributed by atoms with Crippen molar-refractivity contribution < 1.29 is 4.42 Å². The van der Waals surface area contributed by atoms with Gasteiger partial charge in [0.25, 0.3) is 0 Å². The molecule has 18 heavy (non-hydrogen) atoms. The van der Waals surface area contributed by atoms with Crippen LogP contribution >= 0.6 is 11.6 Å². The van der Waals surface area contributed by atoms with Crippen LogP contribution in [0.15, 0.2) is 34.9 Å². The summed E-state index contributed by atoms with van der Waals surface area (Å²) in [5.41, 5.74) is 8.97. The van der Waals surface area contributed by atoms with Crippen molar-refractivity contribution in [2.45, 2.75) is 20.0 Å². The van der Waals surface area contributed by atoms with Crippen LogP contribution in [-0.4, -0.2) is 7.05 Å². The average molecular weight is 265 g/mol. The molecule has 0 saturated heterocycles. The fourth-order valence-electron chi connectivity index (χ4n) is 2.02. The van der Waals surface area contributed by atoms with Gasteiger partial charge in [0, 0.05) is 42.0 Å². The number of benzene rings is 1. The Morgan fingerprint density at radius 2 is 2.11 bits per heavy atom. The van der Waals surface area contributed by atoms with Crippen LogP contribution in [0.4, 0.5) is 5.69 Å². The lowest BCUT2D eigenvalue weighted by molar-refractivity contribution is 0.529. The zero-order valence-corrected chi connectivity index (χ0v) is 11.4. The summed E-state index contributed by atoms with van der Waals surface area (Å²) in [6, 6.07) is 7.82. The molecule has 1 aromatic heterocycles. The van der Waals surface area contributed by atoms with Gasteiger partial charge in [-0.05, 0) is 25.1 Å². The number of nitrogens with zero attached hydrogens (tertiary/aromatic N) is 1. The first-order valence-corrected chi connectivity index (χ1v) is 6.23. The monoisotopic (exact) mass is 264 g/mol. The lowest BCUT2D eigenvalue weighted by Gasteiger charge is -2.22. The predicted octanol–water partition coefficient (Wildman–Crippen LogP) is 3.34. The van der Waals surface area contributed by atoms with Crippen LogP contribution in [0.1, 0.15) is 16.9 Å². The van der Waals surface area contributed by atoms with Crippen LogP contribution in [0, 0.1) is 6.92 Å². The molecule has 2 rings (SSSR count). The van der Waals surface area contributed by atoms with E-state index in [0.29, 0.717) is 11.6 Å². The molecular weight excluding hydrogens is 248 g/mol. The highest BCUT2D eigenvalue weighted by Crippen LogP contribution is 2.27. The van der Waals surface area contributed by atoms with Crippen LogP contribution in [0.25, 0.3) is 0 Å². The zero-order chi connectivity index (χ0) is 13.1. The Hall–Kier alpha value is -1.45. The second-order valence-corrected chi connectivity index (χ2v) is 4.71. The molecule has 1 heterocycles. The quantitative estimate of drug-likeness (QED) is 0.921. The van der Waals surface area contributed by atoms with Crippen LogP contribution in [0.5, 0.6) is 0 Å². The van der Waals surface area contributed by atoms with Gasteiger partial charge in [-0.2, -0.15) is 0 Å². The van der Waals surface area contributed by atoms with Crippen LogP contribution in [-0.2, 0) is 13.1 Å². The minimum atomic E-state index is 0.434. The topological polar surface area (TPSA) is 42.4 Å². The number of halogens is 1. The van der Waals surface area contributed by atoms with E-state index in [0.717, 1.165) is 23.6 Å². The maximum Gasteiger partial charge on any atom is 0.105 e. The van der Waals surface area contributed by atoms with Gasteiger partial charge in [0.2, 0.25) is 0 Å². The summed E-state index contributed by atoms with van der Waals surface area (Å²) in [6.45, 7) is 3.17. The Kier molecular flexibility index (Phi) is 3.94. The highest BCUT2D eigenvalue weighted by atomic mass is 35.5. The van der Waals surface area contributed by atoms with E-state index in [9.17, 15) is 0 Å². The van der Waals surface area contributed by atoms with E-state index in [-0.39, 0.29) is 0 Å². The van der Waals surface area contributed by atoms with Crippen molar-refractivity contribution in [1.82, 2.24) is 0 Å². The molecule has 2 aromatic rings. The average Bonchev–Trinajstić information content (AvgIpc) is 2.74. The molecule has 0 amide bonds. The molecule has 0 unspecified atom stereocenters. The number of hydrogen-bond acceptors (Lipinski definition) is 3. The van der Waals surface area contributed by atoms with Gasteiger partial charge in [0.05, 0.1) is 6.26 Å². The molecule has 0 radical (unpaired) electrons. The summed E-state index contributed by atoms with van der Waals surface area (Å²) in [5, 5.41) is 0.714. The van der Waals surface area contributed by atoms with Crippen molar-refractivity contribution in [2.24, 2.45) is 5.73 Å². The highest BCUT2D eigenvalue weighted by Gasteiger charge is 2.11. The standard InChI is InChI=1S/C14H17ClN2O/c1-10-11(6-7-18-10)9-17(2)14-5-3-4-13(15)12(14)8-16/h3-7H,8-9,16H2,1-2H3. The van der Waals surface area contributed by atoms with Gasteiger partial charge in [-0.3, -0.25) is 0 Å². The van der Waals surface area contributed by atoms with Crippen molar-refractivity contribution in [1.29, 1.82) is 0 Å². The second-order valence-electron chi connectivity index (χ2n) is 4.30. The normalized spacial score (nSPS) is 10.7. The van der Waals surface area contributed by atoms with Gasteiger partial charge < -0.3 is 15.1 Å². The molecule has 0 bridgehead atoms. The fraction of sp³-hybridized carbons (Fsp3) is 0.286. The first-order chi connectivity index (χ1) is 8.63. The third-order valence-corrected chi connectivity index (χ3v) is 3.44. The van der Waals surface area contributed by atoms with Gasteiger partial charge >= 0.3 is 0 Å². The van der Waals surface area contributed by atoms with E-state index in [1.165, 1.54) is 5.56 Å². The zero-order valence-electron chi connectivity index (χ0n) is 10.6. The summed E-state index contributed by atoms with van der Waals surface area (Å²) >= 11 is 6.16. The summed E-state index contributed by atoms with van der Waals surface area (Å²) in [5.74, 6) is 0.943. The van der Waals surface area contributed by atoms with Crippen molar-refractivity contribution in [3.63, 3.8) is 0 Å².